The normalized spacial score (nSPS) is 10.3. The first kappa shape index (κ1) is 21.8. The van der Waals surface area contributed by atoms with Crippen molar-refractivity contribution in [2.45, 2.75) is 6.92 Å². The standard InChI is InChI=1S/C19H15BrN4O4S2/c1-2-28-16-7-6-12(9-14(16)20)17(25)22-18(29)23-19-21-15(10-30-19)11-4-3-5-13(8-11)24(26)27/h3-10H,2H2,1H3,(H2,21,22,23,25,29). The predicted molar refractivity (Wildman–Crippen MR) is 123 cm³/mol. The summed E-state index contributed by atoms with van der Waals surface area (Å²) < 4.78 is 6.09. The van der Waals surface area contributed by atoms with E-state index >= 15 is 0 Å². The Morgan fingerprint density at radius 1 is 1.33 bits per heavy atom. The number of aromatic nitrogens is 1. The number of hydrogen-bond acceptors (Lipinski definition) is 7. The minimum absolute atomic E-state index is 0.0145. The van der Waals surface area contributed by atoms with E-state index in [1.165, 1.54) is 23.5 Å². The molecule has 0 unspecified atom stereocenters. The number of nitro benzene ring substituents is 1. The SMILES string of the molecule is CCOc1ccc(C(=O)NC(=S)Nc2nc(-c3cccc([N+](=O)[O-])c3)cs2)cc1Br. The number of nitrogens with zero attached hydrogens (tertiary/aromatic N) is 2. The molecule has 3 aromatic rings. The molecule has 0 aliphatic heterocycles. The Kier molecular flexibility index (Phi) is 7.08. The van der Waals surface area contributed by atoms with Crippen LogP contribution in [-0.4, -0.2) is 27.5 Å². The molecule has 1 amide bonds. The molecule has 2 N–H and O–H groups in total. The van der Waals surface area contributed by atoms with Crippen LogP contribution >= 0.6 is 39.5 Å². The zero-order valence-electron chi connectivity index (χ0n) is 15.5. The fourth-order valence-corrected chi connectivity index (χ4v) is 3.93. The molecule has 11 heteroatoms. The Labute approximate surface area is 189 Å². The Morgan fingerprint density at radius 2 is 2.13 bits per heavy atom. The molecule has 3 rings (SSSR count). The number of thiazole rings is 1. The first-order chi connectivity index (χ1) is 14.4. The molecule has 1 aromatic heterocycles. The fourth-order valence-electron chi connectivity index (χ4n) is 2.46. The number of thiocarbonyl (C=S) groups is 1. The second-order valence-electron chi connectivity index (χ2n) is 5.83. The Balaban J connectivity index is 1.64. The van der Waals surface area contributed by atoms with Gasteiger partial charge in [0.1, 0.15) is 5.75 Å². The summed E-state index contributed by atoms with van der Waals surface area (Å²) in [6.45, 7) is 2.39. The topological polar surface area (TPSA) is 106 Å². The molecule has 0 radical (unpaired) electrons. The molecule has 2 aromatic carbocycles. The van der Waals surface area contributed by atoms with Crippen LogP contribution in [-0.2, 0) is 0 Å². The summed E-state index contributed by atoms with van der Waals surface area (Å²) in [6, 6.07) is 11.2. The van der Waals surface area contributed by atoms with Crippen LogP contribution in [0.25, 0.3) is 11.3 Å². The van der Waals surface area contributed by atoms with E-state index in [9.17, 15) is 14.9 Å². The van der Waals surface area contributed by atoms with Crippen LogP contribution in [0, 0.1) is 10.1 Å². The third-order valence-electron chi connectivity index (χ3n) is 3.80. The Bertz CT molecular complexity index is 1120. The van der Waals surface area contributed by atoms with Crippen molar-refractivity contribution in [2.24, 2.45) is 0 Å². The highest BCUT2D eigenvalue weighted by Gasteiger charge is 2.13. The van der Waals surface area contributed by atoms with E-state index in [4.69, 9.17) is 17.0 Å². The number of nitrogens with one attached hydrogen (secondary N) is 2. The number of ether oxygens (including phenoxy) is 1. The molecule has 1 heterocycles. The van der Waals surface area contributed by atoms with Crippen LogP contribution in [0.5, 0.6) is 5.75 Å². The summed E-state index contributed by atoms with van der Waals surface area (Å²) in [6.07, 6.45) is 0. The van der Waals surface area contributed by atoms with Gasteiger partial charge in [-0.05, 0) is 53.3 Å². The van der Waals surface area contributed by atoms with Crippen LogP contribution in [0.15, 0.2) is 52.3 Å². The lowest BCUT2D eigenvalue weighted by atomic mass is 10.1. The minimum Gasteiger partial charge on any atom is -0.493 e. The third kappa shape index (κ3) is 5.38. The van der Waals surface area contributed by atoms with Gasteiger partial charge < -0.3 is 10.1 Å². The molecular formula is C19H15BrN4O4S2. The zero-order valence-corrected chi connectivity index (χ0v) is 18.8. The van der Waals surface area contributed by atoms with Crippen LogP contribution in [0.1, 0.15) is 17.3 Å². The number of anilines is 1. The second kappa shape index (κ2) is 9.74. The van der Waals surface area contributed by atoms with Gasteiger partial charge in [-0.1, -0.05) is 12.1 Å². The largest absolute Gasteiger partial charge is 0.493 e. The Hall–Kier alpha value is -2.89. The van der Waals surface area contributed by atoms with Crippen LogP contribution in [0.3, 0.4) is 0 Å². The van der Waals surface area contributed by atoms with Crippen molar-refractivity contribution in [3.8, 4) is 17.0 Å². The van der Waals surface area contributed by atoms with Gasteiger partial charge in [0.2, 0.25) is 0 Å². The Morgan fingerprint density at radius 3 is 2.83 bits per heavy atom. The van der Waals surface area contributed by atoms with E-state index in [1.54, 1.807) is 35.7 Å². The van der Waals surface area contributed by atoms with Crippen LogP contribution in [0.4, 0.5) is 10.8 Å². The lowest BCUT2D eigenvalue weighted by Crippen LogP contribution is -2.34. The lowest BCUT2D eigenvalue weighted by Gasteiger charge is -2.09. The molecule has 0 atom stereocenters. The summed E-state index contributed by atoms with van der Waals surface area (Å²) in [5, 5.41) is 18.7. The van der Waals surface area contributed by atoms with Gasteiger partial charge in [0, 0.05) is 28.6 Å². The molecule has 0 bridgehead atoms. The molecule has 0 aliphatic rings. The number of nitro groups is 1. The number of rotatable bonds is 6. The van der Waals surface area contributed by atoms with Crippen molar-refractivity contribution in [1.82, 2.24) is 10.3 Å². The maximum Gasteiger partial charge on any atom is 0.270 e. The van der Waals surface area contributed by atoms with E-state index in [1.807, 2.05) is 6.92 Å². The summed E-state index contributed by atoms with van der Waals surface area (Å²) in [5.41, 5.74) is 1.57. The molecule has 0 saturated heterocycles. The van der Waals surface area contributed by atoms with Gasteiger partial charge >= 0.3 is 0 Å². The van der Waals surface area contributed by atoms with E-state index in [0.717, 1.165) is 0 Å². The molecule has 0 aliphatic carbocycles. The van der Waals surface area contributed by atoms with E-state index in [-0.39, 0.29) is 16.7 Å². The summed E-state index contributed by atoms with van der Waals surface area (Å²) >= 11 is 9.83. The number of amides is 1. The average molecular weight is 507 g/mol. The third-order valence-corrected chi connectivity index (χ3v) is 5.38. The minimum atomic E-state index is -0.459. The predicted octanol–water partition coefficient (Wildman–Crippen LogP) is 5.01. The highest BCUT2D eigenvalue weighted by Crippen LogP contribution is 2.28. The number of hydrogen-bond donors (Lipinski definition) is 2. The number of non-ortho nitro benzene ring substituents is 1. The maximum absolute atomic E-state index is 12.4. The van der Waals surface area contributed by atoms with Gasteiger partial charge in [-0.3, -0.25) is 20.2 Å². The number of benzene rings is 2. The van der Waals surface area contributed by atoms with Crippen molar-refractivity contribution in [3.63, 3.8) is 0 Å². The van der Waals surface area contributed by atoms with Gasteiger partial charge in [-0.25, -0.2) is 4.98 Å². The van der Waals surface area contributed by atoms with Crippen molar-refractivity contribution >= 4 is 61.3 Å². The highest BCUT2D eigenvalue weighted by molar-refractivity contribution is 9.10. The molecular weight excluding hydrogens is 492 g/mol. The van der Waals surface area contributed by atoms with Crippen molar-refractivity contribution in [1.29, 1.82) is 0 Å². The summed E-state index contributed by atoms with van der Waals surface area (Å²) in [4.78, 5) is 27.3. The van der Waals surface area contributed by atoms with E-state index in [0.29, 0.717) is 38.8 Å². The van der Waals surface area contributed by atoms with Crippen molar-refractivity contribution in [3.05, 3.63) is 68.0 Å². The van der Waals surface area contributed by atoms with Gasteiger partial charge in [-0.15, -0.1) is 11.3 Å². The molecule has 154 valence electrons. The summed E-state index contributed by atoms with van der Waals surface area (Å²) in [7, 11) is 0. The van der Waals surface area contributed by atoms with E-state index < -0.39 is 4.92 Å². The molecule has 8 nitrogen and oxygen atoms in total. The number of halogens is 1. The molecule has 30 heavy (non-hydrogen) atoms. The monoisotopic (exact) mass is 506 g/mol. The fraction of sp³-hybridized carbons (Fsp3) is 0.105. The lowest BCUT2D eigenvalue weighted by molar-refractivity contribution is -0.384. The van der Waals surface area contributed by atoms with Crippen LogP contribution in [0.2, 0.25) is 0 Å². The van der Waals surface area contributed by atoms with Crippen molar-refractivity contribution < 1.29 is 14.5 Å². The number of carbonyl (C=O) groups is 1. The molecule has 0 fully saturated rings. The smallest absolute Gasteiger partial charge is 0.270 e. The first-order valence-corrected chi connectivity index (χ1v) is 10.7. The van der Waals surface area contributed by atoms with Gasteiger partial charge in [0.15, 0.2) is 10.2 Å². The first-order valence-electron chi connectivity index (χ1n) is 8.62. The quantitative estimate of drug-likeness (QED) is 0.275. The average Bonchev–Trinajstić information content (AvgIpc) is 3.18. The zero-order chi connectivity index (χ0) is 21.7. The van der Waals surface area contributed by atoms with Crippen molar-refractivity contribution in [2.75, 3.05) is 11.9 Å². The van der Waals surface area contributed by atoms with Gasteiger partial charge in [-0.2, -0.15) is 0 Å². The molecule has 0 spiro atoms. The maximum atomic E-state index is 12.4. The van der Waals surface area contributed by atoms with Gasteiger partial charge in [0.05, 0.1) is 21.7 Å². The number of carbonyl (C=O) groups excluding carboxylic acids is 1. The summed E-state index contributed by atoms with van der Waals surface area (Å²) in [5.74, 6) is 0.262. The van der Waals surface area contributed by atoms with Crippen LogP contribution < -0.4 is 15.4 Å². The molecule has 0 saturated carbocycles. The second-order valence-corrected chi connectivity index (χ2v) is 7.95. The van der Waals surface area contributed by atoms with Gasteiger partial charge in [0.25, 0.3) is 11.6 Å². The van der Waals surface area contributed by atoms with E-state index in [2.05, 4.69) is 31.5 Å². The highest BCUT2D eigenvalue weighted by atomic mass is 79.9.